The molecule has 3 N–H and O–H groups in total. The van der Waals surface area contributed by atoms with Crippen LogP contribution in [0.1, 0.15) is 30.1 Å². The van der Waals surface area contributed by atoms with Gasteiger partial charge in [-0.1, -0.05) is 35.5 Å². The number of nitrogens with zero attached hydrogens (tertiary/aromatic N) is 3. The van der Waals surface area contributed by atoms with Crippen LogP contribution in [0.2, 0.25) is 0 Å². The average Bonchev–Trinajstić information content (AvgIpc) is 3.25. The van der Waals surface area contributed by atoms with Crippen LogP contribution >= 0.6 is 0 Å². The Kier molecular flexibility index (Phi) is 3.96. The molecule has 1 saturated carbocycles. The van der Waals surface area contributed by atoms with Crippen molar-refractivity contribution < 1.29 is 4.79 Å². The Balaban J connectivity index is 1.64. The molecule has 1 fully saturated rings. The lowest BCUT2D eigenvalue weighted by atomic mass is 10.0. The molecule has 1 unspecified atom stereocenters. The van der Waals surface area contributed by atoms with Crippen LogP contribution in [-0.4, -0.2) is 20.9 Å². The maximum absolute atomic E-state index is 12.2. The molecular formula is C15H19N5O. The van der Waals surface area contributed by atoms with Gasteiger partial charge in [-0.2, -0.15) is 0 Å². The molecule has 1 aliphatic carbocycles. The minimum absolute atomic E-state index is 0.0516. The van der Waals surface area contributed by atoms with Gasteiger partial charge >= 0.3 is 0 Å². The molecule has 0 spiro atoms. The largest absolute Gasteiger partial charge is 0.347 e. The molecule has 6 heteroatoms. The summed E-state index contributed by atoms with van der Waals surface area (Å²) >= 11 is 0. The van der Waals surface area contributed by atoms with Gasteiger partial charge in [0.25, 0.3) is 0 Å². The number of nitrogens with one attached hydrogen (secondary N) is 1. The lowest BCUT2D eigenvalue weighted by Crippen LogP contribution is -2.32. The van der Waals surface area contributed by atoms with E-state index in [4.69, 9.17) is 5.73 Å². The highest BCUT2D eigenvalue weighted by Gasteiger charge is 2.33. The highest BCUT2D eigenvalue weighted by atomic mass is 16.2. The SMILES string of the molecule is NCc1cn(CC(=O)NC(c2ccccc2)C2CC2)nn1. The summed E-state index contributed by atoms with van der Waals surface area (Å²) in [6.07, 6.45) is 4.04. The summed E-state index contributed by atoms with van der Waals surface area (Å²) in [5.74, 6) is 0.496. The fourth-order valence-electron chi connectivity index (χ4n) is 2.44. The summed E-state index contributed by atoms with van der Waals surface area (Å²) in [5, 5.41) is 10.9. The third kappa shape index (κ3) is 3.46. The third-order valence-corrected chi connectivity index (χ3v) is 3.67. The number of benzene rings is 1. The molecule has 110 valence electrons. The molecule has 1 aliphatic rings. The highest BCUT2D eigenvalue weighted by molar-refractivity contribution is 5.76. The fraction of sp³-hybridized carbons (Fsp3) is 0.400. The second kappa shape index (κ2) is 6.05. The number of carbonyl (C=O) groups is 1. The van der Waals surface area contributed by atoms with Gasteiger partial charge in [-0.25, -0.2) is 4.68 Å². The van der Waals surface area contributed by atoms with E-state index >= 15 is 0 Å². The summed E-state index contributed by atoms with van der Waals surface area (Å²) < 4.78 is 1.52. The summed E-state index contributed by atoms with van der Waals surface area (Å²) in [5.41, 5.74) is 7.33. The smallest absolute Gasteiger partial charge is 0.242 e. The predicted molar refractivity (Wildman–Crippen MR) is 78.0 cm³/mol. The molecule has 0 radical (unpaired) electrons. The molecule has 3 rings (SSSR count). The van der Waals surface area contributed by atoms with Gasteiger partial charge in [0, 0.05) is 6.54 Å². The van der Waals surface area contributed by atoms with Crippen LogP contribution in [0.15, 0.2) is 36.5 Å². The maximum Gasteiger partial charge on any atom is 0.242 e. The van der Waals surface area contributed by atoms with Gasteiger partial charge in [-0.15, -0.1) is 5.10 Å². The van der Waals surface area contributed by atoms with Gasteiger partial charge in [0.05, 0.1) is 17.9 Å². The Morgan fingerprint density at radius 1 is 1.38 bits per heavy atom. The van der Waals surface area contributed by atoms with E-state index in [9.17, 15) is 4.79 Å². The zero-order valence-corrected chi connectivity index (χ0v) is 11.8. The Morgan fingerprint density at radius 2 is 2.14 bits per heavy atom. The van der Waals surface area contributed by atoms with E-state index in [-0.39, 0.29) is 18.5 Å². The molecule has 6 nitrogen and oxygen atoms in total. The molecule has 0 bridgehead atoms. The van der Waals surface area contributed by atoms with Gasteiger partial charge in [0.2, 0.25) is 5.91 Å². The molecule has 1 atom stereocenters. The van der Waals surface area contributed by atoms with Gasteiger partial charge in [0.15, 0.2) is 0 Å². The van der Waals surface area contributed by atoms with Crippen molar-refractivity contribution in [2.24, 2.45) is 11.7 Å². The van der Waals surface area contributed by atoms with E-state index in [1.165, 1.54) is 17.5 Å². The van der Waals surface area contributed by atoms with Crippen molar-refractivity contribution in [2.75, 3.05) is 0 Å². The van der Waals surface area contributed by atoms with E-state index in [1.54, 1.807) is 6.20 Å². The molecule has 1 heterocycles. The second-order valence-electron chi connectivity index (χ2n) is 5.40. The molecule has 1 amide bonds. The normalized spacial score (nSPS) is 15.7. The Bertz CT molecular complexity index is 606. The number of hydrogen-bond donors (Lipinski definition) is 2. The average molecular weight is 285 g/mol. The molecular weight excluding hydrogens is 266 g/mol. The molecule has 21 heavy (non-hydrogen) atoms. The predicted octanol–water partition coefficient (Wildman–Crippen LogP) is 1.00. The minimum Gasteiger partial charge on any atom is -0.347 e. The molecule has 1 aromatic heterocycles. The van der Waals surface area contributed by atoms with E-state index in [1.807, 2.05) is 18.2 Å². The fourth-order valence-corrected chi connectivity index (χ4v) is 2.44. The number of carbonyl (C=O) groups excluding carboxylic acids is 1. The van der Waals surface area contributed by atoms with Crippen molar-refractivity contribution in [2.45, 2.75) is 32.0 Å². The summed E-state index contributed by atoms with van der Waals surface area (Å²) in [6, 6.07) is 10.2. The van der Waals surface area contributed by atoms with E-state index in [2.05, 4.69) is 27.8 Å². The summed E-state index contributed by atoms with van der Waals surface area (Å²) in [4.78, 5) is 12.2. The van der Waals surface area contributed by atoms with Crippen LogP contribution in [0, 0.1) is 5.92 Å². The van der Waals surface area contributed by atoms with Crippen LogP contribution in [-0.2, 0) is 17.9 Å². The zero-order chi connectivity index (χ0) is 14.7. The summed E-state index contributed by atoms with van der Waals surface area (Å²) in [6.45, 7) is 0.499. The van der Waals surface area contributed by atoms with Crippen molar-refractivity contribution in [3.05, 3.63) is 47.8 Å². The number of hydrogen-bond acceptors (Lipinski definition) is 4. The highest BCUT2D eigenvalue weighted by Crippen LogP contribution is 2.40. The first-order valence-electron chi connectivity index (χ1n) is 7.19. The van der Waals surface area contributed by atoms with E-state index in [0.717, 1.165) is 5.56 Å². The standard InChI is InChI=1S/C15H19N5O/c16-8-13-9-20(19-18-13)10-14(21)17-15(12-6-7-12)11-4-2-1-3-5-11/h1-5,9,12,15H,6-8,10,16H2,(H,17,21). The first-order chi connectivity index (χ1) is 10.3. The first-order valence-corrected chi connectivity index (χ1v) is 7.19. The number of rotatable bonds is 6. The number of aromatic nitrogens is 3. The van der Waals surface area contributed by atoms with Crippen LogP contribution in [0.3, 0.4) is 0 Å². The van der Waals surface area contributed by atoms with Crippen LogP contribution in [0.5, 0.6) is 0 Å². The number of amides is 1. The number of nitrogens with two attached hydrogens (primary N) is 1. The van der Waals surface area contributed by atoms with E-state index in [0.29, 0.717) is 18.2 Å². The van der Waals surface area contributed by atoms with E-state index < -0.39 is 0 Å². The minimum atomic E-state index is -0.0516. The molecule has 0 saturated heterocycles. The van der Waals surface area contributed by atoms with Gasteiger partial charge in [0.1, 0.15) is 6.54 Å². The van der Waals surface area contributed by atoms with Crippen molar-refractivity contribution in [1.82, 2.24) is 20.3 Å². The topological polar surface area (TPSA) is 85.8 Å². The lowest BCUT2D eigenvalue weighted by Gasteiger charge is -2.18. The van der Waals surface area contributed by atoms with Crippen molar-refractivity contribution in [1.29, 1.82) is 0 Å². The maximum atomic E-state index is 12.2. The van der Waals surface area contributed by atoms with Crippen molar-refractivity contribution >= 4 is 5.91 Å². The lowest BCUT2D eigenvalue weighted by molar-refractivity contribution is -0.122. The van der Waals surface area contributed by atoms with Crippen LogP contribution in [0.4, 0.5) is 0 Å². The van der Waals surface area contributed by atoms with Gasteiger partial charge < -0.3 is 11.1 Å². The van der Waals surface area contributed by atoms with Crippen molar-refractivity contribution in [3.8, 4) is 0 Å². The Morgan fingerprint density at radius 3 is 2.76 bits per heavy atom. The third-order valence-electron chi connectivity index (χ3n) is 3.67. The molecule has 1 aromatic carbocycles. The van der Waals surface area contributed by atoms with Gasteiger partial charge in [-0.05, 0) is 24.3 Å². The summed E-state index contributed by atoms with van der Waals surface area (Å²) in [7, 11) is 0. The van der Waals surface area contributed by atoms with Crippen LogP contribution in [0.25, 0.3) is 0 Å². The second-order valence-corrected chi connectivity index (χ2v) is 5.40. The van der Waals surface area contributed by atoms with Crippen molar-refractivity contribution in [3.63, 3.8) is 0 Å². The van der Waals surface area contributed by atoms with Gasteiger partial charge in [-0.3, -0.25) is 4.79 Å². The first kappa shape index (κ1) is 13.8. The quantitative estimate of drug-likeness (QED) is 0.829. The van der Waals surface area contributed by atoms with Crippen LogP contribution < -0.4 is 11.1 Å². The Hall–Kier alpha value is -2.21. The zero-order valence-electron chi connectivity index (χ0n) is 11.8. The Labute approximate surface area is 123 Å². The molecule has 2 aromatic rings. The molecule has 0 aliphatic heterocycles. The monoisotopic (exact) mass is 285 g/mol.